The summed E-state index contributed by atoms with van der Waals surface area (Å²) in [6.07, 6.45) is -0.892. The van der Waals surface area contributed by atoms with E-state index in [1.165, 1.54) is 0 Å². The van der Waals surface area contributed by atoms with Crippen LogP contribution in [-0.4, -0.2) is 55.4 Å². The van der Waals surface area contributed by atoms with Gasteiger partial charge in [-0.05, 0) is 35.2 Å². The monoisotopic (exact) mass is 371 g/mol. The molecule has 4 N–H and O–H groups in total. The summed E-state index contributed by atoms with van der Waals surface area (Å²) in [4.78, 5) is 4.12. The van der Waals surface area contributed by atoms with Gasteiger partial charge in [-0.1, -0.05) is 18.2 Å². The summed E-state index contributed by atoms with van der Waals surface area (Å²) >= 11 is 0. The van der Waals surface area contributed by atoms with E-state index in [9.17, 15) is 20.4 Å². The van der Waals surface area contributed by atoms with Crippen LogP contribution in [0, 0.1) is 0 Å². The topological polar surface area (TPSA) is 112 Å². The van der Waals surface area contributed by atoms with Gasteiger partial charge in [0.05, 0.1) is 12.7 Å². The summed E-state index contributed by atoms with van der Waals surface area (Å²) in [5, 5.41) is 41.4. The van der Waals surface area contributed by atoms with Crippen molar-refractivity contribution in [3.63, 3.8) is 0 Å². The van der Waals surface area contributed by atoms with Crippen molar-refractivity contribution >= 4 is 0 Å². The third-order valence-electron chi connectivity index (χ3n) is 5.92. The fourth-order valence-electron chi connectivity index (χ4n) is 4.27. The van der Waals surface area contributed by atoms with E-state index < -0.39 is 35.8 Å². The van der Waals surface area contributed by atoms with Gasteiger partial charge in [-0.3, -0.25) is 4.98 Å². The van der Waals surface area contributed by atoms with Crippen molar-refractivity contribution in [2.45, 2.75) is 55.3 Å². The summed E-state index contributed by atoms with van der Waals surface area (Å²) in [7, 11) is 0. The van der Waals surface area contributed by atoms with Gasteiger partial charge in [0, 0.05) is 24.4 Å². The molecule has 0 bridgehead atoms. The number of ether oxygens (including phenoxy) is 2. The zero-order valence-corrected chi connectivity index (χ0v) is 14.5. The van der Waals surface area contributed by atoms with Crippen LogP contribution >= 0.6 is 0 Å². The maximum absolute atomic E-state index is 10.7. The average Bonchev–Trinajstić information content (AvgIpc) is 3.18. The van der Waals surface area contributed by atoms with Gasteiger partial charge in [-0.15, -0.1) is 0 Å². The minimum atomic E-state index is -1.60. The highest BCUT2D eigenvalue weighted by atomic mass is 16.7. The quantitative estimate of drug-likeness (QED) is 0.587. The van der Waals surface area contributed by atoms with Crippen molar-refractivity contribution in [2.24, 2.45) is 0 Å². The van der Waals surface area contributed by atoms with Crippen LogP contribution in [0.1, 0.15) is 28.7 Å². The average molecular weight is 371 g/mol. The lowest BCUT2D eigenvalue weighted by molar-refractivity contribution is -0.378. The van der Waals surface area contributed by atoms with Crippen molar-refractivity contribution < 1.29 is 29.9 Å². The maximum Gasteiger partial charge on any atom is 0.225 e. The summed E-state index contributed by atoms with van der Waals surface area (Å²) in [5.74, 6) is -1.60. The number of rotatable bonds is 2. The summed E-state index contributed by atoms with van der Waals surface area (Å²) < 4.78 is 11.9. The van der Waals surface area contributed by atoms with E-state index in [-0.39, 0.29) is 13.0 Å². The highest BCUT2D eigenvalue weighted by molar-refractivity contribution is 5.41. The molecular weight excluding hydrogens is 350 g/mol. The van der Waals surface area contributed by atoms with Crippen LogP contribution in [0.5, 0.6) is 0 Å². The van der Waals surface area contributed by atoms with E-state index in [2.05, 4.69) is 4.98 Å². The molecule has 2 unspecified atom stereocenters. The molecule has 7 heteroatoms. The largest absolute Gasteiger partial charge is 0.390 e. The fraction of sp³-hybridized carbons (Fsp3) is 0.450. The first kappa shape index (κ1) is 17.2. The Morgan fingerprint density at radius 1 is 1.07 bits per heavy atom. The van der Waals surface area contributed by atoms with E-state index in [0.717, 1.165) is 16.7 Å². The molecular formula is C20H21NO6. The molecule has 0 amide bonds. The normalized spacial score (nSPS) is 39.7. The highest BCUT2D eigenvalue weighted by Crippen LogP contribution is 2.56. The van der Waals surface area contributed by atoms with Gasteiger partial charge >= 0.3 is 0 Å². The van der Waals surface area contributed by atoms with E-state index in [4.69, 9.17) is 9.47 Å². The smallest absolute Gasteiger partial charge is 0.225 e. The van der Waals surface area contributed by atoms with Crippen molar-refractivity contribution in [1.29, 1.82) is 0 Å². The Labute approximate surface area is 155 Å². The van der Waals surface area contributed by atoms with Crippen LogP contribution < -0.4 is 0 Å². The first-order valence-electron chi connectivity index (χ1n) is 9.04. The minimum Gasteiger partial charge on any atom is -0.390 e. The molecule has 7 nitrogen and oxygen atoms in total. The van der Waals surface area contributed by atoms with Crippen LogP contribution in [0.4, 0.5) is 0 Å². The number of aliphatic hydroxyl groups excluding tert-OH is 4. The number of pyridine rings is 1. The van der Waals surface area contributed by atoms with Crippen molar-refractivity contribution in [3.8, 4) is 0 Å². The van der Waals surface area contributed by atoms with E-state index in [1.807, 2.05) is 30.3 Å². The first-order chi connectivity index (χ1) is 13.0. The zero-order chi connectivity index (χ0) is 18.8. The number of aliphatic hydroxyl groups is 4. The van der Waals surface area contributed by atoms with Gasteiger partial charge in [-0.25, -0.2) is 0 Å². The Balaban J connectivity index is 1.54. The summed E-state index contributed by atoms with van der Waals surface area (Å²) in [5.41, 5.74) is 2.19. The summed E-state index contributed by atoms with van der Waals surface area (Å²) in [6, 6.07) is 9.65. The zero-order valence-electron chi connectivity index (χ0n) is 14.5. The molecule has 1 saturated carbocycles. The third kappa shape index (κ3) is 2.40. The number of fused-ring (bicyclic) bond motifs is 2. The second kappa shape index (κ2) is 5.81. The molecule has 1 saturated heterocycles. The highest BCUT2D eigenvalue weighted by Gasteiger charge is 2.72. The second-order valence-corrected chi connectivity index (χ2v) is 7.64. The number of benzene rings is 1. The fourth-order valence-corrected chi connectivity index (χ4v) is 4.27. The van der Waals surface area contributed by atoms with E-state index >= 15 is 0 Å². The molecule has 27 heavy (non-hydrogen) atoms. The number of hydrogen-bond acceptors (Lipinski definition) is 7. The Morgan fingerprint density at radius 2 is 1.89 bits per heavy atom. The third-order valence-corrected chi connectivity index (χ3v) is 5.92. The molecule has 2 aromatic rings. The lowest BCUT2D eigenvalue weighted by Crippen LogP contribution is -2.64. The van der Waals surface area contributed by atoms with Crippen LogP contribution in [0.15, 0.2) is 42.7 Å². The molecule has 0 radical (unpaired) electrons. The SMILES string of the molecule is OC1[C@@H](O)[C@@]2(OCc3ccc(Cc4cccnc4)cc32)OC2(C[C@H]2O)[C@H]1O. The molecule has 1 aromatic heterocycles. The molecule has 5 rings (SSSR count). The molecule has 142 valence electrons. The van der Waals surface area contributed by atoms with Gasteiger partial charge in [0.25, 0.3) is 0 Å². The standard InChI is InChI=1S/C20H21NO6/c22-15-8-19(15)17(24)16(23)18(25)20(27-19)14-7-11(3-4-13(14)10-26-20)6-12-2-1-5-21-9-12/h1-5,7,9,15-18,22-25H,6,8,10H2/t15-,16?,17+,18-,19?,20+/m1/s1. The van der Waals surface area contributed by atoms with Crippen LogP contribution in [0.2, 0.25) is 0 Å². The Morgan fingerprint density at radius 3 is 2.59 bits per heavy atom. The molecule has 1 aromatic carbocycles. The Bertz CT molecular complexity index is 876. The Hall–Kier alpha value is -1.87. The molecule has 2 aliphatic heterocycles. The molecule has 1 aliphatic carbocycles. The molecule has 2 fully saturated rings. The molecule has 6 atom stereocenters. The van der Waals surface area contributed by atoms with Crippen molar-refractivity contribution in [2.75, 3.05) is 0 Å². The van der Waals surface area contributed by atoms with Crippen LogP contribution in [0.3, 0.4) is 0 Å². The molecule has 3 heterocycles. The first-order valence-corrected chi connectivity index (χ1v) is 9.04. The van der Waals surface area contributed by atoms with Gasteiger partial charge < -0.3 is 29.9 Å². The number of aromatic nitrogens is 1. The molecule has 3 aliphatic rings. The lowest BCUT2D eigenvalue weighted by atomic mass is 9.85. The van der Waals surface area contributed by atoms with Gasteiger partial charge in [0.1, 0.15) is 23.9 Å². The summed E-state index contributed by atoms with van der Waals surface area (Å²) in [6.45, 7) is 0.217. The number of nitrogens with zero attached hydrogens (tertiary/aromatic N) is 1. The lowest BCUT2D eigenvalue weighted by Gasteiger charge is -2.47. The predicted molar refractivity (Wildman–Crippen MR) is 92.4 cm³/mol. The van der Waals surface area contributed by atoms with Crippen molar-refractivity contribution in [1.82, 2.24) is 4.98 Å². The van der Waals surface area contributed by atoms with Crippen LogP contribution in [-0.2, 0) is 28.3 Å². The minimum absolute atomic E-state index is 0.188. The Kier molecular flexibility index (Phi) is 3.71. The maximum atomic E-state index is 10.7. The van der Waals surface area contributed by atoms with Gasteiger partial charge in [0.15, 0.2) is 0 Å². The van der Waals surface area contributed by atoms with Crippen LogP contribution in [0.25, 0.3) is 0 Å². The van der Waals surface area contributed by atoms with E-state index in [1.54, 1.807) is 12.4 Å². The van der Waals surface area contributed by atoms with Gasteiger partial charge in [-0.2, -0.15) is 0 Å². The van der Waals surface area contributed by atoms with E-state index in [0.29, 0.717) is 12.0 Å². The van der Waals surface area contributed by atoms with Gasteiger partial charge in [0.2, 0.25) is 5.79 Å². The number of hydrogen-bond donors (Lipinski definition) is 4. The predicted octanol–water partition coefficient (Wildman–Crippen LogP) is -0.0283. The second-order valence-electron chi connectivity index (χ2n) is 7.64. The molecule has 2 spiro atoms. The van der Waals surface area contributed by atoms with Crippen molar-refractivity contribution in [3.05, 3.63) is 65.0 Å².